The Bertz CT molecular complexity index is 1500. The molecule has 0 fully saturated rings. The minimum atomic E-state index is 0.975. The first-order chi connectivity index (χ1) is 13.7. The molecule has 28 heavy (non-hydrogen) atoms. The maximum Gasteiger partial charge on any atom is 0.0358 e. The molecule has 0 spiro atoms. The molecule has 2 heterocycles. The lowest BCUT2D eigenvalue weighted by Gasteiger charge is -2.04. The van der Waals surface area contributed by atoms with Crippen LogP contribution in [0.15, 0.2) is 78.9 Å². The van der Waals surface area contributed by atoms with Crippen LogP contribution in [0.1, 0.15) is 16.7 Å². The molecule has 0 atom stereocenters. The molecule has 0 aliphatic heterocycles. The minimum Gasteiger partial charge on any atom is -0.135 e. The molecule has 0 N–H and O–H groups in total. The highest BCUT2D eigenvalue weighted by atomic mass is 32.1. The lowest BCUT2D eigenvalue weighted by atomic mass is 10.0. The van der Waals surface area contributed by atoms with Gasteiger partial charge in [-0.2, -0.15) is 0 Å². The zero-order valence-corrected chi connectivity index (χ0v) is 17.2. The first kappa shape index (κ1) is 16.3. The molecule has 0 saturated carbocycles. The van der Waals surface area contributed by atoms with Gasteiger partial charge < -0.3 is 0 Å². The normalized spacial score (nSPS) is 11.9. The molecule has 0 aliphatic rings. The van der Waals surface area contributed by atoms with Gasteiger partial charge in [-0.3, -0.25) is 0 Å². The highest BCUT2D eigenvalue weighted by Crippen LogP contribution is 2.36. The monoisotopic (exact) mass is 394 g/mol. The van der Waals surface area contributed by atoms with Gasteiger partial charge in [-0.1, -0.05) is 48.0 Å². The Morgan fingerprint density at radius 3 is 2.11 bits per heavy atom. The van der Waals surface area contributed by atoms with Crippen LogP contribution < -0.4 is 0 Å². The van der Waals surface area contributed by atoms with Crippen molar-refractivity contribution in [3.05, 3.63) is 95.6 Å². The number of hydrogen-bond acceptors (Lipinski definition) is 2. The van der Waals surface area contributed by atoms with Crippen LogP contribution in [0.25, 0.3) is 40.3 Å². The van der Waals surface area contributed by atoms with Gasteiger partial charge in [0, 0.05) is 40.3 Å². The summed E-state index contributed by atoms with van der Waals surface area (Å²) in [7, 11) is 0. The lowest BCUT2D eigenvalue weighted by molar-refractivity contribution is 1.21. The van der Waals surface area contributed by atoms with Crippen molar-refractivity contribution in [2.75, 3.05) is 0 Å². The Labute approximate surface area is 171 Å². The Hall–Kier alpha value is -2.68. The van der Waals surface area contributed by atoms with E-state index in [1.54, 1.807) is 0 Å². The predicted octanol–water partition coefficient (Wildman–Crippen LogP) is 8.32. The summed E-state index contributed by atoms with van der Waals surface area (Å²) in [5.74, 6) is 0. The van der Waals surface area contributed by atoms with Gasteiger partial charge in [0.1, 0.15) is 0 Å². The van der Waals surface area contributed by atoms with E-state index in [-0.39, 0.29) is 0 Å². The van der Waals surface area contributed by atoms with Crippen molar-refractivity contribution >= 4 is 63.0 Å². The fraction of sp³-hybridized carbons (Fsp3) is 0.0769. The molecule has 4 aromatic carbocycles. The quantitative estimate of drug-likeness (QED) is 0.277. The average molecular weight is 395 g/mol. The Morgan fingerprint density at radius 2 is 1.18 bits per heavy atom. The summed E-state index contributed by atoms with van der Waals surface area (Å²) >= 11 is 3.79. The van der Waals surface area contributed by atoms with Crippen LogP contribution >= 0.6 is 22.7 Å². The van der Waals surface area contributed by atoms with Crippen LogP contribution in [0.4, 0.5) is 0 Å². The third-order valence-electron chi connectivity index (χ3n) is 5.54. The fourth-order valence-corrected chi connectivity index (χ4v) is 6.40. The van der Waals surface area contributed by atoms with E-state index in [1.807, 2.05) is 22.7 Å². The lowest BCUT2D eigenvalue weighted by Crippen LogP contribution is -1.87. The summed E-state index contributed by atoms with van der Waals surface area (Å²) in [5, 5.41) is 5.53. The highest BCUT2D eigenvalue weighted by molar-refractivity contribution is 7.26. The summed E-state index contributed by atoms with van der Waals surface area (Å²) in [4.78, 5) is 0. The largest absolute Gasteiger partial charge is 0.135 e. The maximum atomic E-state index is 2.39. The molecule has 6 aromatic rings. The molecule has 134 valence electrons. The summed E-state index contributed by atoms with van der Waals surface area (Å²) < 4.78 is 5.52. The molecule has 6 rings (SSSR count). The zero-order valence-electron chi connectivity index (χ0n) is 15.5. The number of benzene rings is 4. The standard InChI is InChI=1S/C26H18S2/c1-16-6-10-24-21(12-16)22-14-17(8-11-25(22)27-24)13-18-7-9-20-19-4-2-3-5-23(19)28-26(20)15-18/h2-12,14-15H,13H2,1H3. The van der Waals surface area contributed by atoms with Gasteiger partial charge in [0.25, 0.3) is 0 Å². The van der Waals surface area contributed by atoms with Gasteiger partial charge in [-0.05, 0) is 60.9 Å². The van der Waals surface area contributed by atoms with Crippen molar-refractivity contribution in [3.63, 3.8) is 0 Å². The number of thiophene rings is 2. The predicted molar refractivity (Wildman–Crippen MR) is 126 cm³/mol. The number of hydrogen-bond donors (Lipinski definition) is 0. The van der Waals surface area contributed by atoms with Gasteiger partial charge >= 0.3 is 0 Å². The third-order valence-corrected chi connectivity index (χ3v) is 7.83. The van der Waals surface area contributed by atoms with Crippen molar-refractivity contribution in [1.82, 2.24) is 0 Å². The average Bonchev–Trinajstić information content (AvgIpc) is 3.25. The van der Waals surface area contributed by atoms with Gasteiger partial charge in [0.2, 0.25) is 0 Å². The molecule has 0 aliphatic carbocycles. The van der Waals surface area contributed by atoms with Crippen LogP contribution in [0.2, 0.25) is 0 Å². The molecular formula is C26H18S2. The number of fused-ring (bicyclic) bond motifs is 6. The SMILES string of the molecule is Cc1ccc2sc3ccc(Cc4ccc5c(c4)sc4ccccc45)cc3c2c1. The van der Waals surface area contributed by atoms with Gasteiger partial charge in [-0.15, -0.1) is 22.7 Å². The van der Waals surface area contributed by atoms with Crippen LogP contribution in [-0.4, -0.2) is 0 Å². The van der Waals surface area contributed by atoms with Crippen molar-refractivity contribution in [2.24, 2.45) is 0 Å². The Balaban J connectivity index is 1.44. The first-order valence-corrected chi connectivity index (χ1v) is 11.2. The van der Waals surface area contributed by atoms with Crippen LogP contribution in [0.3, 0.4) is 0 Å². The van der Waals surface area contributed by atoms with Crippen molar-refractivity contribution in [3.8, 4) is 0 Å². The molecule has 0 nitrogen and oxygen atoms in total. The second-order valence-corrected chi connectivity index (χ2v) is 9.71. The molecule has 2 heteroatoms. The van der Waals surface area contributed by atoms with E-state index in [0.717, 1.165) is 6.42 Å². The van der Waals surface area contributed by atoms with E-state index in [2.05, 4.69) is 85.8 Å². The second-order valence-electron chi connectivity index (χ2n) is 7.54. The van der Waals surface area contributed by atoms with Crippen molar-refractivity contribution in [1.29, 1.82) is 0 Å². The van der Waals surface area contributed by atoms with Crippen molar-refractivity contribution in [2.45, 2.75) is 13.3 Å². The molecule has 0 radical (unpaired) electrons. The smallest absolute Gasteiger partial charge is 0.0358 e. The van der Waals surface area contributed by atoms with Crippen LogP contribution in [0.5, 0.6) is 0 Å². The van der Waals surface area contributed by atoms with Gasteiger partial charge in [0.05, 0.1) is 0 Å². The van der Waals surface area contributed by atoms with E-state index in [4.69, 9.17) is 0 Å². The van der Waals surface area contributed by atoms with E-state index in [1.165, 1.54) is 57.0 Å². The summed E-state index contributed by atoms with van der Waals surface area (Å²) in [5.41, 5.74) is 4.09. The summed E-state index contributed by atoms with van der Waals surface area (Å²) in [6, 6.07) is 29.4. The summed E-state index contributed by atoms with van der Waals surface area (Å²) in [6.45, 7) is 2.17. The molecule has 2 aromatic heterocycles. The molecule has 0 saturated heterocycles. The Kier molecular flexibility index (Phi) is 3.59. The maximum absolute atomic E-state index is 2.39. The Morgan fingerprint density at radius 1 is 0.536 bits per heavy atom. The van der Waals surface area contributed by atoms with Crippen molar-refractivity contribution < 1.29 is 0 Å². The number of rotatable bonds is 2. The molecule has 0 amide bonds. The second kappa shape index (κ2) is 6.16. The van der Waals surface area contributed by atoms with E-state index < -0.39 is 0 Å². The number of aryl methyl sites for hydroxylation is 1. The van der Waals surface area contributed by atoms with E-state index in [9.17, 15) is 0 Å². The topological polar surface area (TPSA) is 0 Å². The van der Waals surface area contributed by atoms with Gasteiger partial charge in [-0.25, -0.2) is 0 Å². The van der Waals surface area contributed by atoms with Crippen LogP contribution in [0, 0.1) is 6.92 Å². The summed E-state index contributed by atoms with van der Waals surface area (Å²) in [6.07, 6.45) is 0.975. The van der Waals surface area contributed by atoms with E-state index in [0.29, 0.717) is 0 Å². The zero-order chi connectivity index (χ0) is 18.7. The van der Waals surface area contributed by atoms with Gasteiger partial charge in [0.15, 0.2) is 0 Å². The minimum absolute atomic E-state index is 0.975. The van der Waals surface area contributed by atoms with E-state index >= 15 is 0 Å². The first-order valence-electron chi connectivity index (χ1n) is 9.57. The third kappa shape index (κ3) is 2.56. The fourth-order valence-electron chi connectivity index (χ4n) is 4.16. The van der Waals surface area contributed by atoms with Crippen LogP contribution in [-0.2, 0) is 6.42 Å². The molecule has 0 unspecified atom stereocenters. The highest BCUT2D eigenvalue weighted by Gasteiger charge is 2.08. The molecular weight excluding hydrogens is 376 g/mol. The molecule has 0 bridgehead atoms.